The van der Waals surface area contributed by atoms with Crippen LogP contribution in [-0.2, 0) is 14.8 Å². The van der Waals surface area contributed by atoms with Crippen LogP contribution in [-0.4, -0.2) is 35.8 Å². The minimum atomic E-state index is -4.04. The van der Waals surface area contributed by atoms with E-state index in [9.17, 15) is 13.2 Å². The van der Waals surface area contributed by atoms with Crippen LogP contribution in [0.25, 0.3) is 0 Å². The number of carbonyl (C=O) groups is 1. The van der Waals surface area contributed by atoms with Gasteiger partial charge in [-0.05, 0) is 32.9 Å². The standard InChI is InChI=1S/C11H16N2O5S/c1-7(2)18-10-9(5-4-6-12-10)13-19(16,17)8(3)11(14)15/h4-8,13H,1-3H3,(H,14,15). The lowest BCUT2D eigenvalue weighted by Gasteiger charge is -2.15. The van der Waals surface area contributed by atoms with Gasteiger partial charge in [0.25, 0.3) is 0 Å². The van der Waals surface area contributed by atoms with Crippen LogP contribution >= 0.6 is 0 Å². The zero-order valence-electron chi connectivity index (χ0n) is 10.8. The molecule has 0 saturated carbocycles. The number of sulfonamides is 1. The molecule has 1 aromatic rings. The number of nitrogens with one attached hydrogen (secondary N) is 1. The molecular weight excluding hydrogens is 272 g/mol. The molecule has 7 nitrogen and oxygen atoms in total. The Balaban J connectivity index is 3.03. The summed E-state index contributed by atoms with van der Waals surface area (Å²) >= 11 is 0. The number of hydrogen-bond acceptors (Lipinski definition) is 5. The van der Waals surface area contributed by atoms with Gasteiger partial charge in [-0.3, -0.25) is 9.52 Å². The highest BCUT2D eigenvalue weighted by molar-refractivity contribution is 7.94. The zero-order chi connectivity index (χ0) is 14.6. The summed E-state index contributed by atoms with van der Waals surface area (Å²) in [4.78, 5) is 14.6. The second kappa shape index (κ2) is 5.87. The lowest BCUT2D eigenvalue weighted by molar-refractivity contribution is -0.136. The largest absolute Gasteiger partial charge is 0.480 e. The van der Waals surface area contributed by atoms with Gasteiger partial charge < -0.3 is 9.84 Å². The first-order chi connectivity index (χ1) is 8.74. The first-order valence-electron chi connectivity index (χ1n) is 5.60. The number of carboxylic acids is 1. The molecule has 0 fully saturated rings. The van der Waals surface area contributed by atoms with Crippen molar-refractivity contribution in [2.24, 2.45) is 0 Å². The minimum Gasteiger partial charge on any atom is -0.480 e. The minimum absolute atomic E-state index is 0.110. The van der Waals surface area contributed by atoms with E-state index >= 15 is 0 Å². The highest BCUT2D eigenvalue weighted by Gasteiger charge is 2.28. The van der Waals surface area contributed by atoms with Crippen LogP contribution in [0.3, 0.4) is 0 Å². The number of aliphatic carboxylic acids is 1. The SMILES string of the molecule is CC(C)Oc1ncccc1NS(=O)(=O)C(C)C(=O)O. The van der Waals surface area contributed by atoms with Crippen molar-refractivity contribution in [3.8, 4) is 5.88 Å². The molecular formula is C11H16N2O5S. The molecule has 0 saturated heterocycles. The first kappa shape index (κ1) is 15.2. The Morgan fingerprint density at radius 2 is 2.05 bits per heavy atom. The molecule has 1 unspecified atom stereocenters. The van der Waals surface area contributed by atoms with Gasteiger partial charge in [0.05, 0.1) is 6.10 Å². The number of anilines is 1. The molecule has 0 aromatic carbocycles. The van der Waals surface area contributed by atoms with Gasteiger partial charge in [-0.15, -0.1) is 0 Å². The maximum atomic E-state index is 11.8. The second-order valence-corrected chi connectivity index (χ2v) is 6.15. The molecule has 0 aliphatic heterocycles. The highest BCUT2D eigenvalue weighted by atomic mass is 32.2. The van der Waals surface area contributed by atoms with Crippen molar-refractivity contribution in [2.45, 2.75) is 32.1 Å². The fourth-order valence-corrected chi connectivity index (χ4v) is 2.06. The van der Waals surface area contributed by atoms with Crippen LogP contribution in [0, 0.1) is 0 Å². The number of ether oxygens (including phenoxy) is 1. The third kappa shape index (κ3) is 4.09. The third-order valence-electron chi connectivity index (χ3n) is 2.18. The Kier molecular flexibility index (Phi) is 4.71. The van der Waals surface area contributed by atoms with E-state index in [4.69, 9.17) is 9.84 Å². The summed E-state index contributed by atoms with van der Waals surface area (Å²) in [5, 5.41) is 7.17. The van der Waals surface area contributed by atoms with Gasteiger partial charge in [-0.25, -0.2) is 13.4 Å². The van der Waals surface area contributed by atoms with Gasteiger partial charge >= 0.3 is 5.97 Å². The molecule has 19 heavy (non-hydrogen) atoms. The predicted molar refractivity (Wildman–Crippen MR) is 69.6 cm³/mol. The normalized spacial score (nSPS) is 13.1. The maximum Gasteiger partial charge on any atom is 0.323 e. The molecule has 0 spiro atoms. The van der Waals surface area contributed by atoms with Crippen molar-refractivity contribution in [2.75, 3.05) is 4.72 Å². The molecule has 1 atom stereocenters. The molecule has 2 N–H and O–H groups in total. The van der Waals surface area contributed by atoms with Crippen molar-refractivity contribution in [3.05, 3.63) is 18.3 Å². The number of nitrogens with zero attached hydrogens (tertiary/aromatic N) is 1. The average Bonchev–Trinajstić information content (AvgIpc) is 2.29. The monoisotopic (exact) mass is 288 g/mol. The summed E-state index contributed by atoms with van der Waals surface area (Å²) in [5.74, 6) is -1.32. The Morgan fingerprint density at radius 1 is 1.42 bits per heavy atom. The molecule has 8 heteroatoms. The van der Waals surface area contributed by atoms with E-state index in [1.807, 2.05) is 0 Å². The molecule has 1 rings (SSSR count). The maximum absolute atomic E-state index is 11.8. The molecule has 0 amide bonds. The van der Waals surface area contributed by atoms with Gasteiger partial charge in [0.2, 0.25) is 15.9 Å². The van der Waals surface area contributed by atoms with Crippen molar-refractivity contribution >= 4 is 21.7 Å². The lowest BCUT2D eigenvalue weighted by atomic mass is 10.4. The van der Waals surface area contributed by atoms with Crippen molar-refractivity contribution in [3.63, 3.8) is 0 Å². The van der Waals surface area contributed by atoms with Crippen molar-refractivity contribution in [1.29, 1.82) is 0 Å². The lowest BCUT2D eigenvalue weighted by Crippen LogP contribution is -2.32. The number of aromatic nitrogens is 1. The number of rotatable bonds is 6. The molecule has 1 aromatic heterocycles. The van der Waals surface area contributed by atoms with E-state index in [-0.39, 0.29) is 17.7 Å². The van der Waals surface area contributed by atoms with Gasteiger partial charge in [0.15, 0.2) is 5.25 Å². The summed E-state index contributed by atoms with van der Waals surface area (Å²) < 4.78 is 31.1. The van der Waals surface area contributed by atoms with Crippen LogP contribution < -0.4 is 9.46 Å². The Hall–Kier alpha value is -1.83. The van der Waals surface area contributed by atoms with E-state index < -0.39 is 21.2 Å². The van der Waals surface area contributed by atoms with Gasteiger partial charge in [0, 0.05) is 6.20 Å². The van der Waals surface area contributed by atoms with E-state index in [1.54, 1.807) is 13.8 Å². The zero-order valence-corrected chi connectivity index (χ0v) is 11.6. The Bertz CT molecular complexity index is 556. The summed E-state index contributed by atoms with van der Waals surface area (Å²) in [5.41, 5.74) is 0.115. The summed E-state index contributed by atoms with van der Waals surface area (Å²) in [6.07, 6.45) is 1.27. The van der Waals surface area contributed by atoms with Crippen LogP contribution in [0.4, 0.5) is 5.69 Å². The summed E-state index contributed by atoms with van der Waals surface area (Å²) in [6.45, 7) is 4.63. The van der Waals surface area contributed by atoms with Gasteiger partial charge in [0.1, 0.15) is 5.69 Å². The molecule has 1 heterocycles. The van der Waals surface area contributed by atoms with E-state index in [2.05, 4.69) is 9.71 Å². The summed E-state index contributed by atoms with van der Waals surface area (Å²) in [7, 11) is -4.04. The number of pyridine rings is 1. The Morgan fingerprint density at radius 3 is 2.58 bits per heavy atom. The Labute approximate surface area is 111 Å². The van der Waals surface area contributed by atoms with Gasteiger partial charge in [-0.1, -0.05) is 0 Å². The molecule has 106 valence electrons. The topological polar surface area (TPSA) is 106 Å². The molecule has 0 aliphatic carbocycles. The number of carboxylic acid groups (broad SMARTS) is 1. The van der Waals surface area contributed by atoms with Gasteiger partial charge in [-0.2, -0.15) is 0 Å². The van der Waals surface area contributed by atoms with Crippen LogP contribution in [0.15, 0.2) is 18.3 Å². The van der Waals surface area contributed by atoms with E-state index in [1.165, 1.54) is 18.3 Å². The van der Waals surface area contributed by atoms with E-state index in [0.29, 0.717) is 0 Å². The fourth-order valence-electron chi connectivity index (χ4n) is 1.16. The first-order valence-corrected chi connectivity index (χ1v) is 7.14. The van der Waals surface area contributed by atoms with Crippen LogP contribution in [0.2, 0.25) is 0 Å². The molecule has 0 aliphatic rings. The van der Waals surface area contributed by atoms with E-state index in [0.717, 1.165) is 6.92 Å². The second-order valence-electron chi connectivity index (χ2n) is 4.15. The van der Waals surface area contributed by atoms with Crippen LogP contribution in [0.1, 0.15) is 20.8 Å². The molecule has 0 bridgehead atoms. The van der Waals surface area contributed by atoms with Crippen molar-refractivity contribution < 1.29 is 23.1 Å². The summed E-state index contributed by atoms with van der Waals surface area (Å²) in [6, 6.07) is 2.98. The smallest absolute Gasteiger partial charge is 0.323 e. The van der Waals surface area contributed by atoms with Crippen molar-refractivity contribution in [1.82, 2.24) is 4.98 Å². The number of hydrogen-bond donors (Lipinski definition) is 2. The highest BCUT2D eigenvalue weighted by Crippen LogP contribution is 2.23. The van der Waals surface area contributed by atoms with Crippen LogP contribution in [0.5, 0.6) is 5.88 Å². The molecule has 0 radical (unpaired) electrons. The fraction of sp³-hybridized carbons (Fsp3) is 0.455. The third-order valence-corrected chi connectivity index (χ3v) is 3.82. The quantitative estimate of drug-likeness (QED) is 0.811. The average molecular weight is 288 g/mol. The predicted octanol–water partition coefficient (Wildman–Crippen LogP) is 1.08.